The van der Waals surface area contributed by atoms with Crippen LogP contribution in [0.1, 0.15) is 49.8 Å². The second-order valence-corrected chi connectivity index (χ2v) is 8.69. The standard InChI is InChI=1S/C28H34NO2/c1-23-17-18-26-25(21-23)28(2,3)27(29(26)19-11-6-12-20-31-22-30)16-10-5-9-15-24-13-7-4-8-14-24/h4-5,7-10,13-14,16-18,21-22H,6,11-12,15,19-20H2,1-3H3/q+1. The van der Waals surface area contributed by atoms with Crippen LogP contribution in [0.2, 0.25) is 0 Å². The summed E-state index contributed by atoms with van der Waals surface area (Å²) in [5.41, 5.74) is 6.62. The Morgan fingerprint density at radius 1 is 1.00 bits per heavy atom. The van der Waals surface area contributed by atoms with Crippen molar-refractivity contribution in [3.8, 4) is 0 Å². The fourth-order valence-electron chi connectivity index (χ4n) is 4.25. The van der Waals surface area contributed by atoms with E-state index in [0.717, 1.165) is 32.2 Å². The molecule has 31 heavy (non-hydrogen) atoms. The zero-order valence-corrected chi connectivity index (χ0v) is 19.0. The topological polar surface area (TPSA) is 29.3 Å². The predicted molar refractivity (Wildman–Crippen MR) is 128 cm³/mol. The summed E-state index contributed by atoms with van der Waals surface area (Å²) in [6.45, 7) is 8.80. The molecule has 1 aliphatic rings. The molecule has 1 aliphatic heterocycles. The van der Waals surface area contributed by atoms with E-state index in [-0.39, 0.29) is 5.41 Å². The summed E-state index contributed by atoms with van der Waals surface area (Å²) in [5, 5.41) is 0. The zero-order valence-electron chi connectivity index (χ0n) is 19.0. The largest absolute Gasteiger partial charge is 0.468 e. The SMILES string of the molecule is Cc1ccc2c(c1)C(C)(C)C(C=CC=CCc1ccccc1)=[N+]2CCCCCOC=O. The number of carbonyl (C=O) groups excluding carboxylic acids is 1. The van der Waals surface area contributed by atoms with Crippen LogP contribution in [0, 0.1) is 6.92 Å². The average Bonchev–Trinajstić information content (AvgIpc) is 2.97. The Balaban J connectivity index is 1.75. The van der Waals surface area contributed by atoms with E-state index in [9.17, 15) is 4.79 Å². The number of rotatable bonds is 11. The van der Waals surface area contributed by atoms with Crippen LogP contribution in [0.15, 0.2) is 72.8 Å². The van der Waals surface area contributed by atoms with Crippen LogP contribution in [0.5, 0.6) is 0 Å². The number of benzene rings is 2. The van der Waals surface area contributed by atoms with Crippen molar-refractivity contribution < 1.29 is 14.1 Å². The highest BCUT2D eigenvalue weighted by Crippen LogP contribution is 2.40. The van der Waals surface area contributed by atoms with E-state index in [1.54, 1.807) is 0 Å². The molecule has 3 rings (SSSR count). The molecule has 1 heterocycles. The summed E-state index contributed by atoms with van der Waals surface area (Å²) in [6, 6.07) is 17.3. The maximum atomic E-state index is 10.3. The molecule has 0 unspecified atom stereocenters. The fourth-order valence-corrected chi connectivity index (χ4v) is 4.25. The van der Waals surface area contributed by atoms with Gasteiger partial charge in [0.2, 0.25) is 5.69 Å². The molecule has 2 aromatic carbocycles. The molecule has 0 bridgehead atoms. The van der Waals surface area contributed by atoms with Crippen LogP contribution < -0.4 is 0 Å². The van der Waals surface area contributed by atoms with E-state index in [1.165, 1.54) is 28.1 Å². The molecule has 162 valence electrons. The lowest BCUT2D eigenvalue weighted by Crippen LogP contribution is -2.28. The van der Waals surface area contributed by atoms with Crippen LogP contribution in [0.4, 0.5) is 5.69 Å². The Morgan fingerprint density at radius 2 is 1.81 bits per heavy atom. The molecule has 3 nitrogen and oxygen atoms in total. The van der Waals surface area contributed by atoms with Gasteiger partial charge in [-0.25, -0.2) is 0 Å². The highest BCUT2D eigenvalue weighted by Gasteiger charge is 2.43. The van der Waals surface area contributed by atoms with Crippen molar-refractivity contribution in [3.05, 3.63) is 89.5 Å². The predicted octanol–water partition coefficient (Wildman–Crippen LogP) is 6.07. The van der Waals surface area contributed by atoms with Gasteiger partial charge >= 0.3 is 0 Å². The summed E-state index contributed by atoms with van der Waals surface area (Å²) in [7, 11) is 0. The molecule has 0 saturated heterocycles. The highest BCUT2D eigenvalue weighted by molar-refractivity contribution is 6.03. The Labute approximate surface area is 186 Å². The summed E-state index contributed by atoms with van der Waals surface area (Å²) < 4.78 is 7.29. The molecule has 3 heteroatoms. The summed E-state index contributed by atoms with van der Waals surface area (Å²) in [5.74, 6) is 0. The van der Waals surface area contributed by atoms with Crippen molar-refractivity contribution in [2.24, 2.45) is 0 Å². The van der Waals surface area contributed by atoms with Gasteiger partial charge in [-0.3, -0.25) is 4.79 Å². The van der Waals surface area contributed by atoms with E-state index in [4.69, 9.17) is 4.74 Å². The second-order valence-electron chi connectivity index (χ2n) is 8.69. The first kappa shape index (κ1) is 22.7. The van der Waals surface area contributed by atoms with E-state index in [0.29, 0.717) is 13.1 Å². The van der Waals surface area contributed by atoms with Crippen LogP contribution in [0.3, 0.4) is 0 Å². The van der Waals surface area contributed by atoms with Crippen molar-refractivity contribution in [2.45, 2.75) is 51.9 Å². The third kappa shape index (κ3) is 5.81. The number of fused-ring (bicyclic) bond motifs is 1. The molecule has 0 aliphatic carbocycles. The van der Waals surface area contributed by atoms with E-state index in [2.05, 4.69) is 98.2 Å². The van der Waals surface area contributed by atoms with Crippen LogP contribution >= 0.6 is 0 Å². The van der Waals surface area contributed by atoms with Gasteiger partial charge < -0.3 is 4.74 Å². The van der Waals surface area contributed by atoms with Gasteiger partial charge in [0, 0.05) is 24.1 Å². The van der Waals surface area contributed by atoms with Crippen molar-refractivity contribution in [1.29, 1.82) is 0 Å². The van der Waals surface area contributed by atoms with Gasteiger partial charge in [0.15, 0.2) is 5.71 Å². The van der Waals surface area contributed by atoms with Gasteiger partial charge in [-0.1, -0.05) is 60.2 Å². The quantitative estimate of drug-likeness (QED) is 0.193. The van der Waals surface area contributed by atoms with Gasteiger partial charge in [0.25, 0.3) is 6.47 Å². The number of hydrogen-bond acceptors (Lipinski definition) is 2. The molecule has 0 saturated carbocycles. The average molecular weight is 417 g/mol. The Morgan fingerprint density at radius 3 is 2.58 bits per heavy atom. The molecule has 0 aromatic heterocycles. The molecule has 0 atom stereocenters. The van der Waals surface area contributed by atoms with Gasteiger partial charge in [-0.15, -0.1) is 0 Å². The molecule has 0 spiro atoms. The Bertz CT molecular complexity index is 968. The normalized spacial score (nSPS) is 15.1. The lowest BCUT2D eigenvalue weighted by atomic mass is 9.81. The molecule has 0 amide bonds. The number of allylic oxidation sites excluding steroid dienone is 4. The molecular weight excluding hydrogens is 382 g/mol. The summed E-state index contributed by atoms with van der Waals surface area (Å²) in [4.78, 5) is 10.3. The number of unbranched alkanes of at least 4 members (excludes halogenated alkanes) is 2. The first-order chi connectivity index (χ1) is 15.0. The molecule has 2 aromatic rings. The lowest BCUT2D eigenvalue weighted by molar-refractivity contribution is -0.438. The Hall–Kier alpha value is -2.94. The van der Waals surface area contributed by atoms with Crippen molar-refractivity contribution >= 4 is 17.9 Å². The van der Waals surface area contributed by atoms with E-state index in [1.807, 2.05) is 0 Å². The third-order valence-corrected chi connectivity index (χ3v) is 5.96. The zero-order chi connectivity index (χ0) is 22.1. The monoisotopic (exact) mass is 416 g/mol. The molecule has 0 N–H and O–H groups in total. The molecular formula is C28H34NO2+. The minimum atomic E-state index is -0.0360. The van der Waals surface area contributed by atoms with Crippen molar-refractivity contribution in [3.63, 3.8) is 0 Å². The van der Waals surface area contributed by atoms with Crippen molar-refractivity contribution in [2.75, 3.05) is 13.2 Å². The highest BCUT2D eigenvalue weighted by atomic mass is 16.5. The van der Waals surface area contributed by atoms with E-state index >= 15 is 0 Å². The maximum Gasteiger partial charge on any atom is 0.293 e. The second kappa shape index (κ2) is 10.9. The number of hydrogen-bond donors (Lipinski definition) is 0. The van der Waals surface area contributed by atoms with Crippen molar-refractivity contribution in [1.82, 2.24) is 0 Å². The summed E-state index contributed by atoms with van der Waals surface area (Å²) in [6.07, 6.45) is 12.8. The van der Waals surface area contributed by atoms with Crippen LogP contribution in [0.25, 0.3) is 0 Å². The number of carbonyl (C=O) groups is 1. The fraction of sp³-hybridized carbons (Fsp3) is 0.357. The number of nitrogens with zero attached hydrogens (tertiary/aromatic N) is 1. The summed E-state index contributed by atoms with van der Waals surface area (Å²) >= 11 is 0. The molecule has 0 radical (unpaired) electrons. The molecule has 0 fully saturated rings. The third-order valence-electron chi connectivity index (χ3n) is 5.96. The number of ether oxygens (including phenoxy) is 1. The Kier molecular flexibility index (Phi) is 8.00. The van der Waals surface area contributed by atoms with E-state index < -0.39 is 0 Å². The van der Waals surface area contributed by atoms with Gasteiger partial charge in [-0.05, 0) is 51.7 Å². The van der Waals surface area contributed by atoms with Gasteiger partial charge in [-0.2, -0.15) is 4.58 Å². The minimum absolute atomic E-state index is 0.0360. The lowest BCUT2D eigenvalue weighted by Gasteiger charge is -2.15. The van der Waals surface area contributed by atoms with Crippen LogP contribution in [-0.2, 0) is 21.4 Å². The first-order valence-electron chi connectivity index (χ1n) is 11.2. The van der Waals surface area contributed by atoms with Gasteiger partial charge in [0.1, 0.15) is 6.54 Å². The smallest absolute Gasteiger partial charge is 0.293 e. The first-order valence-corrected chi connectivity index (χ1v) is 11.2. The van der Waals surface area contributed by atoms with Crippen LogP contribution in [-0.4, -0.2) is 29.9 Å². The maximum absolute atomic E-state index is 10.3. The minimum Gasteiger partial charge on any atom is -0.468 e. The number of aryl methyl sites for hydroxylation is 1. The van der Waals surface area contributed by atoms with Gasteiger partial charge in [0.05, 0.1) is 12.0 Å².